The highest BCUT2D eigenvalue weighted by atomic mass is 16.3. The van der Waals surface area contributed by atoms with E-state index in [-0.39, 0.29) is 17.2 Å². The first-order valence-corrected chi connectivity index (χ1v) is 9.63. The maximum Gasteiger partial charge on any atom is 0.252 e. The lowest BCUT2D eigenvalue weighted by molar-refractivity contribution is -0.169. The number of aliphatic hydroxyl groups is 1. The van der Waals surface area contributed by atoms with Gasteiger partial charge in [-0.15, -0.1) is 0 Å². The van der Waals surface area contributed by atoms with Crippen molar-refractivity contribution < 1.29 is 14.7 Å². The molecule has 6 heteroatoms. The first-order chi connectivity index (χ1) is 12.5. The Morgan fingerprint density at radius 1 is 1.15 bits per heavy atom. The van der Waals surface area contributed by atoms with Crippen LogP contribution in [-0.4, -0.2) is 40.6 Å². The summed E-state index contributed by atoms with van der Waals surface area (Å²) in [5, 5.41) is 16.5. The van der Waals surface area contributed by atoms with E-state index in [4.69, 9.17) is 0 Å². The lowest BCUT2D eigenvalue weighted by Crippen LogP contribution is -2.56. The number of hydrogen-bond acceptors (Lipinski definition) is 4. The van der Waals surface area contributed by atoms with Crippen LogP contribution in [0.15, 0.2) is 24.5 Å². The number of amides is 2. The summed E-state index contributed by atoms with van der Waals surface area (Å²) >= 11 is 0. The monoisotopic (exact) mass is 357 g/mol. The number of nitrogens with one attached hydrogen (secondary N) is 2. The van der Waals surface area contributed by atoms with Crippen molar-refractivity contribution in [3.8, 4) is 0 Å². The molecule has 4 bridgehead atoms. The smallest absolute Gasteiger partial charge is 0.252 e. The van der Waals surface area contributed by atoms with E-state index in [1.807, 2.05) is 0 Å². The molecule has 0 radical (unpaired) electrons. The summed E-state index contributed by atoms with van der Waals surface area (Å²) in [5.74, 6) is 1.03. The minimum atomic E-state index is -0.526. The summed E-state index contributed by atoms with van der Waals surface area (Å²) in [6.45, 7) is 0.805. The summed E-state index contributed by atoms with van der Waals surface area (Å²) in [4.78, 5) is 28.3. The summed E-state index contributed by atoms with van der Waals surface area (Å²) in [5.41, 5.74) is -0.0233. The summed E-state index contributed by atoms with van der Waals surface area (Å²) in [6.07, 6.45) is 9.65. The van der Waals surface area contributed by atoms with E-state index >= 15 is 0 Å². The van der Waals surface area contributed by atoms with Crippen molar-refractivity contribution in [2.24, 2.45) is 17.3 Å². The zero-order valence-electron chi connectivity index (χ0n) is 15.0. The third-order valence-corrected chi connectivity index (χ3v) is 6.34. The van der Waals surface area contributed by atoms with E-state index in [0.717, 1.165) is 32.1 Å². The molecule has 1 aromatic rings. The lowest BCUT2D eigenvalue weighted by atomic mass is 9.47. The molecular weight excluding hydrogens is 330 g/mol. The number of nitrogens with zero attached hydrogens (tertiary/aromatic N) is 1. The van der Waals surface area contributed by atoms with Crippen LogP contribution >= 0.6 is 0 Å². The highest BCUT2D eigenvalue weighted by molar-refractivity contribution is 5.93. The topological polar surface area (TPSA) is 91.3 Å². The molecule has 5 rings (SSSR count). The molecule has 1 aromatic heterocycles. The third-order valence-electron chi connectivity index (χ3n) is 6.34. The number of hydrogen-bond donors (Lipinski definition) is 3. The molecule has 2 amide bonds. The van der Waals surface area contributed by atoms with Crippen molar-refractivity contribution in [1.29, 1.82) is 0 Å². The van der Waals surface area contributed by atoms with E-state index in [1.165, 1.54) is 12.6 Å². The van der Waals surface area contributed by atoms with Crippen LogP contribution in [0.4, 0.5) is 0 Å². The SMILES string of the molecule is O=C(CC12C[C@@H]3C[C@H](CC(O)(C3)C1)C2)NCCNC(=O)c1cccnc1. The second-order valence-electron chi connectivity index (χ2n) is 8.71. The Kier molecular flexibility index (Phi) is 4.47. The Morgan fingerprint density at radius 2 is 1.88 bits per heavy atom. The molecule has 0 spiro atoms. The van der Waals surface area contributed by atoms with E-state index in [2.05, 4.69) is 15.6 Å². The number of aromatic nitrogens is 1. The maximum atomic E-state index is 12.4. The van der Waals surface area contributed by atoms with Gasteiger partial charge in [0.05, 0.1) is 11.2 Å². The second-order valence-corrected chi connectivity index (χ2v) is 8.71. The standard InChI is InChI=1S/C20H27N3O3/c24-17(22-4-5-23-18(25)16-2-1-3-21-12-16)11-19-7-14-6-15(8-19)10-20(26,9-14)13-19/h1-3,12,14-15,26H,4-11,13H2,(H,22,24)(H,23,25)/t14-,15-,19?,20?/m0/s1. The van der Waals surface area contributed by atoms with Crippen molar-refractivity contribution in [2.45, 2.75) is 50.5 Å². The molecule has 0 saturated heterocycles. The molecule has 2 atom stereocenters. The molecule has 4 fully saturated rings. The van der Waals surface area contributed by atoms with E-state index in [0.29, 0.717) is 36.9 Å². The van der Waals surface area contributed by atoms with E-state index in [1.54, 1.807) is 18.3 Å². The fraction of sp³-hybridized carbons (Fsp3) is 0.650. The molecule has 6 nitrogen and oxygen atoms in total. The Morgan fingerprint density at radius 3 is 2.54 bits per heavy atom. The lowest BCUT2D eigenvalue weighted by Gasteiger charge is -2.60. The Labute approximate surface area is 153 Å². The van der Waals surface area contributed by atoms with Gasteiger partial charge in [0.1, 0.15) is 0 Å². The highest BCUT2D eigenvalue weighted by Gasteiger charge is 2.57. The van der Waals surface area contributed by atoms with Crippen molar-refractivity contribution in [2.75, 3.05) is 13.1 Å². The predicted octanol–water partition coefficient (Wildman–Crippen LogP) is 1.65. The van der Waals surface area contributed by atoms with Gasteiger partial charge in [-0.05, 0) is 67.9 Å². The average Bonchev–Trinajstić information content (AvgIpc) is 2.56. The molecular formula is C20H27N3O3. The van der Waals surface area contributed by atoms with Crippen molar-refractivity contribution in [3.05, 3.63) is 30.1 Å². The van der Waals surface area contributed by atoms with Gasteiger partial charge in [-0.1, -0.05) is 0 Å². The zero-order chi connectivity index (χ0) is 18.2. The fourth-order valence-corrected chi connectivity index (χ4v) is 5.99. The van der Waals surface area contributed by atoms with Crippen LogP contribution in [0.3, 0.4) is 0 Å². The van der Waals surface area contributed by atoms with Crippen molar-refractivity contribution >= 4 is 11.8 Å². The normalized spacial score (nSPS) is 34.5. The molecule has 1 heterocycles. The summed E-state index contributed by atoms with van der Waals surface area (Å²) in [6, 6.07) is 3.43. The molecule has 0 unspecified atom stereocenters. The first-order valence-electron chi connectivity index (χ1n) is 9.63. The quantitative estimate of drug-likeness (QED) is 0.675. The van der Waals surface area contributed by atoms with Gasteiger partial charge in [0.2, 0.25) is 5.91 Å². The third kappa shape index (κ3) is 3.61. The highest BCUT2D eigenvalue weighted by Crippen LogP contribution is 2.62. The molecule has 26 heavy (non-hydrogen) atoms. The van der Waals surface area contributed by atoms with Crippen LogP contribution in [0.25, 0.3) is 0 Å². The largest absolute Gasteiger partial charge is 0.390 e. The van der Waals surface area contributed by atoms with Gasteiger partial charge < -0.3 is 15.7 Å². The molecule has 0 aromatic carbocycles. The minimum absolute atomic E-state index is 0.0120. The minimum Gasteiger partial charge on any atom is -0.390 e. The molecule has 140 valence electrons. The van der Waals surface area contributed by atoms with Gasteiger partial charge >= 0.3 is 0 Å². The van der Waals surface area contributed by atoms with Gasteiger partial charge in [0.25, 0.3) is 5.91 Å². The number of pyridine rings is 1. The summed E-state index contributed by atoms with van der Waals surface area (Å²) in [7, 11) is 0. The first kappa shape index (κ1) is 17.5. The second kappa shape index (κ2) is 6.65. The predicted molar refractivity (Wildman–Crippen MR) is 96.3 cm³/mol. The molecule has 3 N–H and O–H groups in total. The summed E-state index contributed by atoms with van der Waals surface area (Å²) < 4.78 is 0. The molecule has 4 aliphatic rings. The van der Waals surface area contributed by atoms with E-state index in [9.17, 15) is 14.7 Å². The van der Waals surface area contributed by atoms with Crippen molar-refractivity contribution in [1.82, 2.24) is 15.6 Å². The maximum absolute atomic E-state index is 12.4. The van der Waals surface area contributed by atoms with Crippen LogP contribution in [0.5, 0.6) is 0 Å². The van der Waals surface area contributed by atoms with Gasteiger partial charge in [0.15, 0.2) is 0 Å². The Bertz CT molecular complexity index is 677. The van der Waals surface area contributed by atoms with Crippen LogP contribution in [-0.2, 0) is 4.79 Å². The molecule has 0 aliphatic heterocycles. The van der Waals surface area contributed by atoms with Crippen LogP contribution in [0.1, 0.15) is 55.3 Å². The van der Waals surface area contributed by atoms with Gasteiger partial charge in [0, 0.05) is 31.9 Å². The zero-order valence-corrected chi connectivity index (χ0v) is 15.0. The number of carbonyl (C=O) groups excluding carboxylic acids is 2. The average molecular weight is 357 g/mol. The molecule has 4 saturated carbocycles. The van der Waals surface area contributed by atoms with Gasteiger partial charge in [-0.3, -0.25) is 14.6 Å². The van der Waals surface area contributed by atoms with Crippen molar-refractivity contribution in [3.63, 3.8) is 0 Å². The van der Waals surface area contributed by atoms with Crippen LogP contribution < -0.4 is 10.6 Å². The molecule has 4 aliphatic carbocycles. The van der Waals surface area contributed by atoms with Crippen LogP contribution in [0.2, 0.25) is 0 Å². The number of carbonyl (C=O) groups is 2. The Balaban J connectivity index is 1.23. The van der Waals surface area contributed by atoms with E-state index < -0.39 is 5.60 Å². The van der Waals surface area contributed by atoms with Crippen LogP contribution in [0, 0.1) is 17.3 Å². The fourth-order valence-electron chi connectivity index (χ4n) is 5.99. The van der Waals surface area contributed by atoms with Gasteiger partial charge in [-0.25, -0.2) is 0 Å². The number of rotatable bonds is 6. The Hall–Kier alpha value is -1.95. The van der Waals surface area contributed by atoms with Gasteiger partial charge in [-0.2, -0.15) is 0 Å².